The number of hydrazone groups is 1. The molecule has 10 nitrogen and oxygen atoms in total. The van der Waals surface area contributed by atoms with Crippen molar-refractivity contribution in [1.82, 2.24) is 15.0 Å². The lowest BCUT2D eigenvalue weighted by atomic mass is 10.0. The maximum atomic E-state index is 13.1. The van der Waals surface area contributed by atoms with Gasteiger partial charge in [0.05, 0.1) is 22.8 Å². The number of amides is 2. The number of nitrogens with one attached hydrogen (secondary N) is 1. The van der Waals surface area contributed by atoms with Gasteiger partial charge in [-0.15, -0.1) is 0 Å². The maximum Gasteiger partial charge on any atom is 0.280 e. The van der Waals surface area contributed by atoms with Crippen LogP contribution in [-0.4, -0.2) is 43.7 Å². The number of carbonyl (C=O) groups is 2. The van der Waals surface area contributed by atoms with E-state index in [9.17, 15) is 14.7 Å². The summed E-state index contributed by atoms with van der Waals surface area (Å²) in [5, 5.41) is 26.7. The quantitative estimate of drug-likeness (QED) is 0.339. The molecular weight excluding hydrogens is 508 g/mol. The molecule has 10 heteroatoms. The average Bonchev–Trinajstić information content (AvgIpc) is 3.42. The molecule has 4 aromatic rings. The highest BCUT2D eigenvalue weighted by atomic mass is 16.5. The minimum absolute atomic E-state index is 0.240. The number of anilines is 2. The van der Waals surface area contributed by atoms with Gasteiger partial charge in [0.1, 0.15) is 11.5 Å². The van der Waals surface area contributed by atoms with Crippen molar-refractivity contribution < 1.29 is 19.4 Å². The molecule has 0 saturated carbocycles. The molecule has 3 aromatic carbocycles. The largest absolute Gasteiger partial charge is 0.508 e. The van der Waals surface area contributed by atoms with Gasteiger partial charge in [-0.25, -0.2) is 0 Å². The highest BCUT2D eigenvalue weighted by Crippen LogP contribution is 2.28. The smallest absolute Gasteiger partial charge is 0.280 e. The third kappa shape index (κ3) is 5.70. The van der Waals surface area contributed by atoms with E-state index in [1.165, 1.54) is 9.81 Å². The summed E-state index contributed by atoms with van der Waals surface area (Å²) in [6, 6.07) is 20.8. The lowest BCUT2D eigenvalue weighted by Gasteiger charge is -2.16. The molecule has 2 atom stereocenters. The minimum Gasteiger partial charge on any atom is -0.508 e. The number of rotatable bonds is 8. The molecule has 0 radical (unpaired) electrons. The van der Waals surface area contributed by atoms with Crippen LogP contribution in [0.3, 0.4) is 0 Å². The third-order valence-electron chi connectivity index (χ3n) is 6.69. The molecule has 2 amide bonds. The van der Waals surface area contributed by atoms with Crippen LogP contribution in [0.4, 0.5) is 11.4 Å². The lowest BCUT2D eigenvalue weighted by molar-refractivity contribution is -0.122. The standard InChI is InChI=1S/C30H30N6O4/c1-18-19(2)34-36(33-18)28-20(3)32-35(30(28)39)25-11-9-24(10-12-25)31-29(38)21(4)40-27-15-7-23(8-16-27)17-22-5-13-26(37)14-6-22/h5-16,21,28,37H,17H2,1-4H3,(H,31,38). The highest BCUT2D eigenvalue weighted by Gasteiger charge is 2.37. The van der Waals surface area contributed by atoms with E-state index in [-0.39, 0.29) is 17.6 Å². The predicted octanol–water partition coefficient (Wildman–Crippen LogP) is 4.56. The van der Waals surface area contributed by atoms with Crippen molar-refractivity contribution >= 4 is 28.9 Å². The molecule has 0 aliphatic carbocycles. The number of benzene rings is 3. The predicted molar refractivity (Wildman–Crippen MR) is 152 cm³/mol. The molecule has 2 unspecified atom stereocenters. The van der Waals surface area contributed by atoms with Crippen molar-refractivity contribution in [3.05, 3.63) is 95.3 Å². The van der Waals surface area contributed by atoms with Crippen LogP contribution < -0.4 is 15.1 Å². The van der Waals surface area contributed by atoms with Gasteiger partial charge in [0.2, 0.25) is 0 Å². The molecule has 0 saturated heterocycles. The summed E-state index contributed by atoms with van der Waals surface area (Å²) in [5.74, 6) is 0.270. The van der Waals surface area contributed by atoms with Crippen LogP contribution in [0, 0.1) is 13.8 Å². The van der Waals surface area contributed by atoms with E-state index >= 15 is 0 Å². The van der Waals surface area contributed by atoms with Gasteiger partial charge in [0.25, 0.3) is 11.8 Å². The van der Waals surface area contributed by atoms with Gasteiger partial charge in [-0.05, 0) is 93.8 Å². The lowest BCUT2D eigenvalue weighted by Crippen LogP contribution is -2.31. The summed E-state index contributed by atoms with van der Waals surface area (Å²) in [4.78, 5) is 27.3. The van der Waals surface area contributed by atoms with Crippen molar-refractivity contribution in [2.75, 3.05) is 10.3 Å². The molecule has 0 fully saturated rings. The number of ether oxygens (including phenoxy) is 1. The maximum absolute atomic E-state index is 13.1. The normalized spacial score (nSPS) is 15.6. The first-order valence-electron chi connectivity index (χ1n) is 12.9. The first kappa shape index (κ1) is 26.6. The molecule has 204 valence electrons. The fourth-order valence-electron chi connectivity index (χ4n) is 4.32. The first-order valence-corrected chi connectivity index (χ1v) is 12.9. The van der Waals surface area contributed by atoms with Gasteiger partial charge in [-0.1, -0.05) is 24.3 Å². The zero-order valence-corrected chi connectivity index (χ0v) is 22.7. The summed E-state index contributed by atoms with van der Waals surface area (Å²) in [6.07, 6.45) is -0.00931. The molecule has 5 rings (SSSR count). The zero-order valence-electron chi connectivity index (χ0n) is 22.7. The Balaban J connectivity index is 1.16. The van der Waals surface area contributed by atoms with Crippen LogP contribution in [0.1, 0.15) is 42.4 Å². The molecule has 0 bridgehead atoms. The van der Waals surface area contributed by atoms with Crippen LogP contribution in [-0.2, 0) is 16.0 Å². The van der Waals surface area contributed by atoms with Crippen molar-refractivity contribution in [3.63, 3.8) is 0 Å². The van der Waals surface area contributed by atoms with E-state index in [2.05, 4.69) is 20.6 Å². The fourth-order valence-corrected chi connectivity index (χ4v) is 4.32. The highest BCUT2D eigenvalue weighted by molar-refractivity contribution is 6.16. The van der Waals surface area contributed by atoms with Crippen molar-refractivity contribution in [2.24, 2.45) is 5.10 Å². The van der Waals surface area contributed by atoms with Crippen LogP contribution >= 0.6 is 0 Å². The second kappa shape index (κ2) is 11.0. The van der Waals surface area contributed by atoms with Gasteiger partial charge >= 0.3 is 0 Å². The Morgan fingerprint density at radius 3 is 2.10 bits per heavy atom. The summed E-state index contributed by atoms with van der Waals surface area (Å²) in [7, 11) is 0. The Labute approximate surface area is 231 Å². The Kier molecular flexibility index (Phi) is 7.33. The number of phenolic OH excluding ortho intramolecular Hbond substituents is 1. The minimum atomic E-state index is -0.732. The van der Waals surface area contributed by atoms with E-state index < -0.39 is 12.1 Å². The molecule has 2 N–H and O–H groups in total. The number of hydrogen-bond acceptors (Lipinski definition) is 7. The number of aromatic hydroxyl groups is 1. The van der Waals surface area contributed by atoms with Crippen LogP contribution in [0.15, 0.2) is 77.9 Å². The van der Waals surface area contributed by atoms with Crippen LogP contribution in [0.5, 0.6) is 11.5 Å². The molecule has 2 heterocycles. The van der Waals surface area contributed by atoms with E-state index in [1.54, 1.807) is 50.2 Å². The monoisotopic (exact) mass is 538 g/mol. The van der Waals surface area contributed by atoms with Crippen LogP contribution in [0.2, 0.25) is 0 Å². The third-order valence-corrected chi connectivity index (χ3v) is 6.69. The van der Waals surface area contributed by atoms with E-state index in [0.717, 1.165) is 28.9 Å². The second-order valence-corrected chi connectivity index (χ2v) is 9.77. The SMILES string of the molecule is CC1=NN(c2ccc(NC(=O)C(C)Oc3ccc(Cc4ccc(O)cc4)cc3)cc2)C(=O)C1n1nc(C)c(C)n1. The van der Waals surface area contributed by atoms with Crippen molar-refractivity contribution in [3.8, 4) is 11.5 Å². The topological polar surface area (TPSA) is 122 Å². The fraction of sp³-hybridized carbons (Fsp3) is 0.233. The summed E-state index contributed by atoms with van der Waals surface area (Å²) in [6.45, 7) is 7.15. The Bertz CT molecular complexity index is 1540. The van der Waals surface area contributed by atoms with Crippen molar-refractivity contribution in [1.29, 1.82) is 0 Å². The number of aromatic nitrogens is 3. The van der Waals surface area contributed by atoms with Gasteiger partial charge in [0, 0.05) is 5.69 Å². The molecule has 1 aliphatic rings. The molecule has 1 aromatic heterocycles. The number of aryl methyl sites for hydroxylation is 2. The number of nitrogens with zero attached hydrogens (tertiary/aromatic N) is 5. The molecule has 0 spiro atoms. The summed E-state index contributed by atoms with van der Waals surface area (Å²) in [5.41, 5.74) is 5.43. The number of hydrogen-bond donors (Lipinski definition) is 2. The molecule has 40 heavy (non-hydrogen) atoms. The molecular formula is C30H30N6O4. The Morgan fingerprint density at radius 2 is 1.50 bits per heavy atom. The average molecular weight is 539 g/mol. The number of phenols is 1. The Morgan fingerprint density at radius 1 is 0.925 bits per heavy atom. The van der Waals surface area contributed by atoms with Gasteiger partial charge < -0.3 is 15.2 Å². The summed E-state index contributed by atoms with van der Waals surface area (Å²) < 4.78 is 5.83. The van der Waals surface area contributed by atoms with Gasteiger partial charge in [-0.3, -0.25) is 9.59 Å². The Hall–Kier alpha value is -4.99. The van der Waals surface area contributed by atoms with Gasteiger partial charge in [0.15, 0.2) is 12.1 Å². The van der Waals surface area contributed by atoms with E-state index in [0.29, 0.717) is 22.8 Å². The summed E-state index contributed by atoms with van der Waals surface area (Å²) >= 11 is 0. The molecule has 1 aliphatic heterocycles. The van der Waals surface area contributed by atoms with Crippen molar-refractivity contribution in [2.45, 2.75) is 46.3 Å². The second-order valence-electron chi connectivity index (χ2n) is 9.77. The first-order chi connectivity index (χ1) is 19.2. The van der Waals surface area contributed by atoms with Crippen LogP contribution in [0.25, 0.3) is 0 Å². The zero-order chi connectivity index (χ0) is 28.4. The number of carbonyl (C=O) groups excluding carboxylic acids is 2. The van der Waals surface area contributed by atoms with E-state index in [4.69, 9.17) is 4.74 Å². The van der Waals surface area contributed by atoms with E-state index in [1.807, 2.05) is 50.2 Å². The van der Waals surface area contributed by atoms with Gasteiger partial charge in [-0.2, -0.15) is 25.1 Å².